The molecule has 11 aromatic rings. The van der Waals surface area contributed by atoms with Crippen LogP contribution in [0.15, 0.2) is 162 Å². The van der Waals surface area contributed by atoms with Gasteiger partial charge in [-0.1, -0.05) is 115 Å². The molecule has 0 amide bonds. The van der Waals surface area contributed by atoms with Crippen molar-refractivity contribution in [3.8, 4) is 39.9 Å². The number of thiophene rings is 1. The first kappa shape index (κ1) is 28.2. The quantitative estimate of drug-likeness (QED) is 0.187. The fourth-order valence-corrected chi connectivity index (χ4v) is 8.73. The molecule has 0 N–H and O–H groups in total. The molecule has 0 spiro atoms. The Morgan fingerprint density at radius 1 is 0.451 bits per heavy atom. The van der Waals surface area contributed by atoms with Crippen molar-refractivity contribution in [2.24, 2.45) is 0 Å². The van der Waals surface area contributed by atoms with Gasteiger partial charge in [-0.3, -0.25) is 4.57 Å². The van der Waals surface area contributed by atoms with Crippen molar-refractivity contribution in [3.05, 3.63) is 158 Å². The van der Waals surface area contributed by atoms with E-state index in [2.05, 4.69) is 126 Å². The third kappa shape index (κ3) is 4.30. The summed E-state index contributed by atoms with van der Waals surface area (Å²) in [5.74, 6) is 1.71. The molecule has 0 aliphatic carbocycles. The molecule has 238 valence electrons. The summed E-state index contributed by atoms with van der Waals surface area (Å²) < 4.78 is 11.5. The maximum Gasteiger partial charge on any atom is 0.238 e. The molecule has 51 heavy (non-hydrogen) atoms. The van der Waals surface area contributed by atoms with E-state index >= 15 is 0 Å². The minimum absolute atomic E-state index is 0.556. The van der Waals surface area contributed by atoms with E-state index in [4.69, 9.17) is 19.4 Å². The SMILES string of the molecule is c1ccc(-c2nc(-c3cccc4c3oc3cc(-c5cccc6sc7ccccc7c56)ccc34)nc(-n3c4ccccc4c4ccccc43)n2)cc1. The number of hydrogen-bond donors (Lipinski definition) is 0. The third-order valence-electron chi connectivity index (χ3n) is 9.89. The lowest BCUT2D eigenvalue weighted by atomic mass is 9.98. The number of hydrogen-bond acceptors (Lipinski definition) is 5. The van der Waals surface area contributed by atoms with Crippen LogP contribution in [-0.4, -0.2) is 19.5 Å². The Labute approximate surface area is 295 Å². The molecule has 0 aliphatic heterocycles. The van der Waals surface area contributed by atoms with Gasteiger partial charge in [0, 0.05) is 47.3 Å². The van der Waals surface area contributed by atoms with Crippen LogP contribution in [0.5, 0.6) is 0 Å². The maximum absolute atomic E-state index is 6.79. The predicted octanol–water partition coefficient (Wildman–Crippen LogP) is 12.2. The number of nitrogens with zero attached hydrogens (tertiary/aromatic N) is 4. The monoisotopic (exact) mass is 670 g/mol. The predicted molar refractivity (Wildman–Crippen MR) is 211 cm³/mol. The van der Waals surface area contributed by atoms with Crippen LogP contribution >= 0.6 is 11.3 Å². The zero-order chi connectivity index (χ0) is 33.5. The molecular weight excluding hydrogens is 645 g/mol. The molecule has 5 nitrogen and oxygen atoms in total. The number of aromatic nitrogens is 4. The Hall–Kier alpha value is -6.63. The van der Waals surface area contributed by atoms with Crippen LogP contribution in [0.25, 0.3) is 104 Å². The molecular formula is C45H26N4OS. The summed E-state index contributed by atoms with van der Waals surface area (Å²) >= 11 is 1.83. The lowest BCUT2D eigenvalue weighted by molar-refractivity contribution is 0.669. The topological polar surface area (TPSA) is 56.7 Å². The van der Waals surface area contributed by atoms with Gasteiger partial charge in [0.2, 0.25) is 5.95 Å². The lowest BCUT2D eigenvalue weighted by Gasteiger charge is -2.11. The van der Waals surface area contributed by atoms with E-state index < -0.39 is 0 Å². The van der Waals surface area contributed by atoms with E-state index in [1.165, 1.54) is 25.7 Å². The second-order valence-corrected chi connectivity index (χ2v) is 13.9. The van der Waals surface area contributed by atoms with Crippen molar-refractivity contribution < 1.29 is 4.42 Å². The highest BCUT2D eigenvalue weighted by atomic mass is 32.1. The van der Waals surface area contributed by atoms with Crippen LogP contribution < -0.4 is 0 Å². The highest BCUT2D eigenvalue weighted by Crippen LogP contribution is 2.42. The van der Waals surface area contributed by atoms with Gasteiger partial charge in [0.05, 0.1) is 16.6 Å². The van der Waals surface area contributed by atoms with Gasteiger partial charge in [-0.05, 0) is 53.6 Å². The number of rotatable bonds is 4. The van der Waals surface area contributed by atoms with E-state index in [9.17, 15) is 0 Å². The fraction of sp³-hybridized carbons (Fsp3) is 0. The van der Waals surface area contributed by atoms with Crippen LogP contribution in [0.1, 0.15) is 0 Å². The first-order valence-electron chi connectivity index (χ1n) is 16.9. The number of para-hydroxylation sites is 3. The Morgan fingerprint density at radius 3 is 1.92 bits per heavy atom. The number of furan rings is 1. The van der Waals surface area contributed by atoms with Crippen LogP contribution in [0, 0.1) is 0 Å². The average Bonchev–Trinajstić information content (AvgIpc) is 3.87. The molecule has 4 aromatic heterocycles. The highest BCUT2D eigenvalue weighted by molar-refractivity contribution is 7.25. The molecule has 0 radical (unpaired) electrons. The molecule has 0 saturated heterocycles. The van der Waals surface area contributed by atoms with Gasteiger partial charge >= 0.3 is 0 Å². The highest BCUT2D eigenvalue weighted by Gasteiger charge is 2.21. The van der Waals surface area contributed by atoms with Gasteiger partial charge in [0.25, 0.3) is 0 Å². The second kappa shape index (κ2) is 10.9. The summed E-state index contributed by atoms with van der Waals surface area (Å²) in [5, 5.41) is 6.94. The minimum atomic E-state index is 0.556. The standard InChI is InChI=1S/C45H26N4OS/c1-2-12-27(13-3-1)43-46-44(48-45(47-43)49-36-20-7-4-14-30(36)31-15-5-8-21-37(31)49)35-19-10-18-33-32-25-24-28(26-38(32)50-42(33)35)29-17-11-23-40-41(29)34-16-6-9-22-39(34)51-40/h1-26H. The van der Waals surface area contributed by atoms with Crippen LogP contribution in [0.2, 0.25) is 0 Å². The lowest BCUT2D eigenvalue weighted by Crippen LogP contribution is -2.06. The van der Waals surface area contributed by atoms with Gasteiger partial charge in [-0.2, -0.15) is 9.97 Å². The van der Waals surface area contributed by atoms with Crippen LogP contribution in [0.4, 0.5) is 0 Å². The van der Waals surface area contributed by atoms with Gasteiger partial charge in [-0.15, -0.1) is 11.3 Å². The van der Waals surface area contributed by atoms with Gasteiger partial charge < -0.3 is 4.42 Å². The Bertz CT molecular complexity index is 3100. The summed E-state index contributed by atoms with van der Waals surface area (Å²) in [5.41, 5.74) is 7.72. The van der Waals surface area contributed by atoms with Gasteiger partial charge in [0.1, 0.15) is 11.2 Å². The van der Waals surface area contributed by atoms with Crippen molar-refractivity contribution in [2.45, 2.75) is 0 Å². The zero-order valence-electron chi connectivity index (χ0n) is 27.1. The molecule has 4 heterocycles. The van der Waals surface area contributed by atoms with Crippen molar-refractivity contribution in [3.63, 3.8) is 0 Å². The molecule has 0 saturated carbocycles. The fourth-order valence-electron chi connectivity index (χ4n) is 7.60. The number of fused-ring (bicyclic) bond motifs is 9. The van der Waals surface area contributed by atoms with Crippen LogP contribution in [-0.2, 0) is 0 Å². The normalized spacial score (nSPS) is 11.9. The first-order valence-corrected chi connectivity index (χ1v) is 17.8. The molecule has 0 unspecified atom stereocenters. The smallest absolute Gasteiger partial charge is 0.238 e. The van der Waals surface area contributed by atoms with Crippen molar-refractivity contribution >= 4 is 75.3 Å². The summed E-state index contributed by atoms with van der Waals surface area (Å²) in [6.45, 7) is 0. The molecule has 11 rings (SSSR count). The van der Waals surface area contributed by atoms with E-state index in [1.54, 1.807) is 0 Å². The number of benzene rings is 7. The second-order valence-electron chi connectivity index (χ2n) is 12.8. The molecule has 0 fully saturated rings. The maximum atomic E-state index is 6.79. The van der Waals surface area contributed by atoms with Crippen LogP contribution in [0.3, 0.4) is 0 Å². The Morgan fingerprint density at radius 2 is 1.10 bits per heavy atom. The van der Waals surface area contributed by atoms with Gasteiger partial charge in [0.15, 0.2) is 11.6 Å². The van der Waals surface area contributed by atoms with E-state index in [0.717, 1.165) is 60.4 Å². The molecule has 0 atom stereocenters. The van der Waals surface area contributed by atoms with Gasteiger partial charge in [-0.25, -0.2) is 4.98 Å². The minimum Gasteiger partial charge on any atom is -0.455 e. The van der Waals surface area contributed by atoms with E-state index in [0.29, 0.717) is 17.6 Å². The molecule has 0 bridgehead atoms. The third-order valence-corrected chi connectivity index (χ3v) is 11.0. The van der Waals surface area contributed by atoms with Crippen molar-refractivity contribution in [1.82, 2.24) is 19.5 Å². The average molecular weight is 671 g/mol. The Balaban J connectivity index is 1.14. The largest absolute Gasteiger partial charge is 0.455 e. The first-order chi connectivity index (χ1) is 25.3. The molecule has 0 aliphatic rings. The van der Waals surface area contributed by atoms with Crippen molar-refractivity contribution in [1.29, 1.82) is 0 Å². The molecule has 7 aromatic carbocycles. The zero-order valence-corrected chi connectivity index (χ0v) is 27.9. The summed E-state index contributed by atoms with van der Waals surface area (Å²) in [4.78, 5) is 15.4. The van der Waals surface area contributed by atoms with Crippen molar-refractivity contribution in [2.75, 3.05) is 0 Å². The van der Waals surface area contributed by atoms with E-state index in [1.807, 2.05) is 47.7 Å². The summed E-state index contributed by atoms with van der Waals surface area (Å²) in [6, 6.07) is 54.9. The molecule has 6 heteroatoms. The summed E-state index contributed by atoms with van der Waals surface area (Å²) in [6.07, 6.45) is 0. The Kier molecular flexibility index (Phi) is 6.05. The summed E-state index contributed by atoms with van der Waals surface area (Å²) in [7, 11) is 0. The van der Waals surface area contributed by atoms with E-state index in [-0.39, 0.29) is 0 Å².